The molecule has 2 aliphatic rings. The lowest BCUT2D eigenvalue weighted by Gasteiger charge is -2.37. The van der Waals surface area contributed by atoms with Crippen LogP contribution in [-0.2, 0) is 4.79 Å². The maximum Gasteiger partial charge on any atom is 0.227 e. The molecule has 4 heteroatoms. The van der Waals surface area contributed by atoms with E-state index in [1.54, 1.807) is 0 Å². The molecule has 1 saturated carbocycles. The summed E-state index contributed by atoms with van der Waals surface area (Å²) in [5, 5.41) is 3.80. The SMILES string of the molecule is CC(C)(C)C(=O)N1CCC(NC2CCCC2CN)CC1. The zero-order valence-corrected chi connectivity index (χ0v) is 13.3. The number of amides is 1. The number of nitrogens with zero attached hydrogens (tertiary/aromatic N) is 1. The first kappa shape index (κ1) is 15.8. The quantitative estimate of drug-likeness (QED) is 0.828. The van der Waals surface area contributed by atoms with Crippen molar-refractivity contribution in [2.75, 3.05) is 19.6 Å². The fourth-order valence-corrected chi connectivity index (χ4v) is 3.56. The van der Waals surface area contributed by atoms with E-state index in [1.807, 2.05) is 25.7 Å². The second kappa shape index (κ2) is 6.44. The first-order valence-corrected chi connectivity index (χ1v) is 8.17. The molecule has 1 aliphatic carbocycles. The summed E-state index contributed by atoms with van der Waals surface area (Å²) in [6.07, 6.45) is 6.00. The van der Waals surface area contributed by atoms with E-state index in [4.69, 9.17) is 5.73 Å². The molecule has 0 aromatic carbocycles. The number of carbonyl (C=O) groups excluding carboxylic acids is 1. The van der Waals surface area contributed by atoms with E-state index in [0.717, 1.165) is 32.5 Å². The van der Waals surface area contributed by atoms with E-state index in [2.05, 4.69) is 5.32 Å². The fourth-order valence-electron chi connectivity index (χ4n) is 3.56. The third-order valence-corrected chi connectivity index (χ3v) is 4.84. The highest BCUT2D eigenvalue weighted by Gasteiger charge is 2.32. The molecule has 0 aromatic heterocycles. The average molecular weight is 281 g/mol. The minimum absolute atomic E-state index is 0.254. The van der Waals surface area contributed by atoms with Crippen molar-refractivity contribution >= 4 is 5.91 Å². The molecule has 0 radical (unpaired) electrons. The summed E-state index contributed by atoms with van der Waals surface area (Å²) in [5.74, 6) is 0.945. The predicted octanol–water partition coefficient (Wildman–Crippen LogP) is 1.74. The van der Waals surface area contributed by atoms with Gasteiger partial charge in [-0.3, -0.25) is 4.79 Å². The molecule has 2 atom stereocenters. The van der Waals surface area contributed by atoms with Gasteiger partial charge in [0.05, 0.1) is 0 Å². The van der Waals surface area contributed by atoms with Crippen LogP contribution in [0, 0.1) is 11.3 Å². The summed E-state index contributed by atoms with van der Waals surface area (Å²) in [7, 11) is 0. The number of piperidine rings is 1. The molecule has 0 bridgehead atoms. The van der Waals surface area contributed by atoms with Crippen molar-refractivity contribution in [1.82, 2.24) is 10.2 Å². The van der Waals surface area contributed by atoms with Crippen LogP contribution in [0.1, 0.15) is 52.9 Å². The largest absolute Gasteiger partial charge is 0.342 e. The van der Waals surface area contributed by atoms with Gasteiger partial charge >= 0.3 is 0 Å². The van der Waals surface area contributed by atoms with E-state index in [9.17, 15) is 4.79 Å². The van der Waals surface area contributed by atoms with Gasteiger partial charge in [0.25, 0.3) is 0 Å². The second-order valence-corrected chi connectivity index (χ2v) is 7.52. The van der Waals surface area contributed by atoms with Crippen molar-refractivity contribution in [3.63, 3.8) is 0 Å². The normalized spacial score (nSPS) is 28.9. The van der Waals surface area contributed by atoms with Crippen LogP contribution in [0.4, 0.5) is 0 Å². The molecule has 20 heavy (non-hydrogen) atoms. The molecular weight excluding hydrogens is 250 g/mol. The lowest BCUT2D eigenvalue weighted by atomic mass is 9.92. The van der Waals surface area contributed by atoms with Gasteiger partial charge in [-0.15, -0.1) is 0 Å². The van der Waals surface area contributed by atoms with Gasteiger partial charge in [-0.05, 0) is 38.1 Å². The molecular formula is C16H31N3O. The van der Waals surface area contributed by atoms with Crippen molar-refractivity contribution in [1.29, 1.82) is 0 Å². The van der Waals surface area contributed by atoms with Crippen LogP contribution in [0.25, 0.3) is 0 Å². The first-order valence-electron chi connectivity index (χ1n) is 8.17. The summed E-state index contributed by atoms with van der Waals surface area (Å²) in [4.78, 5) is 14.3. The highest BCUT2D eigenvalue weighted by atomic mass is 16.2. The van der Waals surface area contributed by atoms with Crippen LogP contribution in [-0.4, -0.2) is 42.5 Å². The molecule has 1 saturated heterocycles. The number of hydrogen-bond acceptors (Lipinski definition) is 3. The third kappa shape index (κ3) is 3.73. The maximum atomic E-state index is 12.3. The van der Waals surface area contributed by atoms with Crippen LogP contribution in [0.2, 0.25) is 0 Å². The summed E-state index contributed by atoms with van der Waals surface area (Å²) in [6, 6.07) is 1.17. The van der Waals surface area contributed by atoms with Crippen LogP contribution in [0.15, 0.2) is 0 Å². The summed E-state index contributed by atoms with van der Waals surface area (Å²) in [5.41, 5.74) is 5.59. The molecule has 2 rings (SSSR count). The van der Waals surface area contributed by atoms with Crippen molar-refractivity contribution in [3.05, 3.63) is 0 Å². The molecule has 1 amide bonds. The lowest BCUT2D eigenvalue weighted by Crippen LogP contribution is -2.51. The Hall–Kier alpha value is -0.610. The number of likely N-dealkylation sites (tertiary alicyclic amines) is 1. The van der Waals surface area contributed by atoms with Gasteiger partial charge in [-0.2, -0.15) is 0 Å². The summed E-state index contributed by atoms with van der Waals surface area (Å²) < 4.78 is 0. The van der Waals surface area contributed by atoms with Crippen molar-refractivity contribution in [3.8, 4) is 0 Å². The fraction of sp³-hybridized carbons (Fsp3) is 0.938. The zero-order valence-electron chi connectivity index (χ0n) is 13.3. The van der Waals surface area contributed by atoms with E-state index in [1.165, 1.54) is 19.3 Å². The Morgan fingerprint density at radius 2 is 1.85 bits per heavy atom. The van der Waals surface area contributed by atoms with Gasteiger partial charge in [0, 0.05) is 30.6 Å². The highest BCUT2D eigenvalue weighted by Crippen LogP contribution is 2.27. The van der Waals surface area contributed by atoms with Crippen molar-refractivity contribution < 1.29 is 4.79 Å². The third-order valence-electron chi connectivity index (χ3n) is 4.84. The van der Waals surface area contributed by atoms with Gasteiger partial charge in [0.1, 0.15) is 0 Å². The molecule has 2 fully saturated rings. The molecule has 4 nitrogen and oxygen atoms in total. The van der Waals surface area contributed by atoms with E-state index < -0.39 is 0 Å². The Kier molecular flexibility index (Phi) is 5.08. The van der Waals surface area contributed by atoms with Crippen LogP contribution >= 0.6 is 0 Å². The average Bonchev–Trinajstić information content (AvgIpc) is 2.85. The smallest absolute Gasteiger partial charge is 0.227 e. The standard InChI is InChI=1S/C16H31N3O/c1-16(2,3)15(20)19-9-7-13(8-10-19)18-14-6-4-5-12(14)11-17/h12-14,18H,4-11,17H2,1-3H3. The van der Waals surface area contributed by atoms with Crippen molar-refractivity contribution in [2.45, 2.75) is 65.0 Å². The second-order valence-electron chi connectivity index (χ2n) is 7.52. The highest BCUT2D eigenvalue weighted by molar-refractivity contribution is 5.81. The predicted molar refractivity (Wildman–Crippen MR) is 82.4 cm³/mol. The molecule has 3 N–H and O–H groups in total. The Morgan fingerprint density at radius 3 is 2.40 bits per heavy atom. The van der Waals surface area contributed by atoms with Crippen LogP contribution in [0.3, 0.4) is 0 Å². The van der Waals surface area contributed by atoms with Gasteiger partial charge in [0.15, 0.2) is 0 Å². The molecule has 0 aromatic rings. The Balaban J connectivity index is 1.78. The summed E-state index contributed by atoms with van der Waals surface area (Å²) >= 11 is 0. The Labute approximate surface area is 123 Å². The van der Waals surface area contributed by atoms with E-state index in [0.29, 0.717) is 18.0 Å². The molecule has 0 spiro atoms. The monoisotopic (exact) mass is 281 g/mol. The van der Waals surface area contributed by atoms with Crippen molar-refractivity contribution in [2.24, 2.45) is 17.1 Å². The van der Waals surface area contributed by atoms with Gasteiger partial charge in [-0.1, -0.05) is 27.2 Å². The number of hydrogen-bond donors (Lipinski definition) is 2. The first-order chi connectivity index (χ1) is 9.41. The zero-order chi connectivity index (χ0) is 14.8. The molecule has 1 aliphatic heterocycles. The number of nitrogens with one attached hydrogen (secondary N) is 1. The Bertz CT molecular complexity index is 329. The minimum atomic E-state index is -0.254. The summed E-state index contributed by atoms with van der Waals surface area (Å²) in [6.45, 7) is 8.61. The number of carbonyl (C=O) groups is 1. The lowest BCUT2D eigenvalue weighted by molar-refractivity contribution is -0.140. The minimum Gasteiger partial charge on any atom is -0.342 e. The van der Waals surface area contributed by atoms with Gasteiger partial charge in [-0.25, -0.2) is 0 Å². The van der Waals surface area contributed by atoms with E-state index >= 15 is 0 Å². The molecule has 116 valence electrons. The number of rotatable bonds is 3. The van der Waals surface area contributed by atoms with E-state index in [-0.39, 0.29) is 11.3 Å². The molecule has 1 heterocycles. The van der Waals surface area contributed by atoms with Crippen LogP contribution < -0.4 is 11.1 Å². The Morgan fingerprint density at radius 1 is 1.20 bits per heavy atom. The number of nitrogens with two attached hydrogens (primary N) is 1. The topological polar surface area (TPSA) is 58.4 Å². The maximum absolute atomic E-state index is 12.3. The van der Waals surface area contributed by atoms with Crippen LogP contribution in [0.5, 0.6) is 0 Å². The van der Waals surface area contributed by atoms with Gasteiger partial charge in [0.2, 0.25) is 5.91 Å². The molecule has 2 unspecified atom stereocenters. The van der Waals surface area contributed by atoms with Gasteiger partial charge < -0.3 is 16.0 Å².